The SMILES string of the molecule is Cn1cc(S(=O)(=O)N2CCCN(C(=O)c3noc4c3CCCC4)CC2)cn1. The summed E-state index contributed by atoms with van der Waals surface area (Å²) in [6, 6.07) is 0. The Kier molecular flexibility index (Phi) is 4.77. The van der Waals surface area contributed by atoms with Crippen LogP contribution in [0, 0.1) is 0 Å². The van der Waals surface area contributed by atoms with Gasteiger partial charge in [0, 0.05) is 51.4 Å². The molecular formula is C17H23N5O4S. The Bertz CT molecular complexity index is 948. The van der Waals surface area contributed by atoms with Crippen molar-refractivity contribution < 1.29 is 17.7 Å². The van der Waals surface area contributed by atoms with Crippen molar-refractivity contribution in [1.82, 2.24) is 24.1 Å². The number of sulfonamides is 1. The molecule has 3 heterocycles. The zero-order valence-electron chi connectivity index (χ0n) is 15.3. The van der Waals surface area contributed by atoms with E-state index in [-0.39, 0.29) is 17.3 Å². The van der Waals surface area contributed by atoms with Gasteiger partial charge in [0.1, 0.15) is 10.7 Å². The predicted molar refractivity (Wildman–Crippen MR) is 95.6 cm³/mol. The smallest absolute Gasteiger partial charge is 0.276 e. The Labute approximate surface area is 158 Å². The molecule has 0 spiro atoms. The molecule has 0 unspecified atom stereocenters. The molecule has 146 valence electrons. The number of fused-ring (bicyclic) bond motifs is 1. The molecule has 4 rings (SSSR count). The third-order valence-electron chi connectivity index (χ3n) is 5.21. The molecule has 9 nitrogen and oxygen atoms in total. The van der Waals surface area contributed by atoms with Crippen molar-refractivity contribution in [3.63, 3.8) is 0 Å². The number of hydrogen-bond acceptors (Lipinski definition) is 6. The Morgan fingerprint density at radius 2 is 1.93 bits per heavy atom. The summed E-state index contributed by atoms with van der Waals surface area (Å²) in [6.45, 7) is 1.46. The average molecular weight is 393 g/mol. The lowest BCUT2D eigenvalue weighted by Crippen LogP contribution is -2.37. The van der Waals surface area contributed by atoms with E-state index in [0.717, 1.165) is 37.0 Å². The van der Waals surface area contributed by atoms with E-state index in [0.29, 0.717) is 31.7 Å². The van der Waals surface area contributed by atoms with Crippen molar-refractivity contribution in [3.05, 3.63) is 29.4 Å². The second kappa shape index (κ2) is 7.08. The first-order valence-electron chi connectivity index (χ1n) is 9.22. The Morgan fingerprint density at radius 3 is 2.70 bits per heavy atom. The van der Waals surface area contributed by atoms with E-state index in [2.05, 4.69) is 10.3 Å². The summed E-state index contributed by atoms with van der Waals surface area (Å²) >= 11 is 0. The Balaban J connectivity index is 1.49. The molecule has 0 bridgehead atoms. The van der Waals surface area contributed by atoms with Gasteiger partial charge in [-0.3, -0.25) is 9.48 Å². The second-order valence-electron chi connectivity index (χ2n) is 7.04. The maximum atomic E-state index is 12.9. The Hall–Kier alpha value is -2.20. The minimum absolute atomic E-state index is 0.164. The summed E-state index contributed by atoms with van der Waals surface area (Å²) in [5, 5.41) is 7.96. The van der Waals surface area contributed by atoms with E-state index in [9.17, 15) is 13.2 Å². The van der Waals surface area contributed by atoms with Gasteiger partial charge in [-0.1, -0.05) is 5.16 Å². The molecule has 2 aromatic heterocycles. The molecule has 1 fully saturated rings. The lowest BCUT2D eigenvalue weighted by Gasteiger charge is -2.21. The van der Waals surface area contributed by atoms with Crippen LogP contribution in [0.25, 0.3) is 0 Å². The highest BCUT2D eigenvalue weighted by Gasteiger charge is 2.32. The van der Waals surface area contributed by atoms with Gasteiger partial charge in [-0.05, 0) is 25.7 Å². The molecule has 1 saturated heterocycles. The average Bonchev–Trinajstić information content (AvgIpc) is 3.20. The summed E-state index contributed by atoms with van der Waals surface area (Å²) in [5.41, 5.74) is 1.32. The van der Waals surface area contributed by atoms with Gasteiger partial charge in [-0.2, -0.15) is 9.40 Å². The third kappa shape index (κ3) is 3.39. The summed E-state index contributed by atoms with van der Waals surface area (Å²) in [4.78, 5) is 14.8. The van der Waals surface area contributed by atoms with Gasteiger partial charge in [0.2, 0.25) is 10.0 Å². The highest BCUT2D eigenvalue weighted by molar-refractivity contribution is 7.89. The van der Waals surface area contributed by atoms with Crippen molar-refractivity contribution in [2.45, 2.75) is 37.0 Å². The molecule has 1 aliphatic carbocycles. The quantitative estimate of drug-likeness (QED) is 0.765. The molecule has 0 saturated carbocycles. The lowest BCUT2D eigenvalue weighted by molar-refractivity contribution is 0.0753. The number of nitrogens with zero attached hydrogens (tertiary/aromatic N) is 5. The number of amides is 1. The Morgan fingerprint density at radius 1 is 1.11 bits per heavy atom. The molecule has 10 heteroatoms. The minimum Gasteiger partial charge on any atom is -0.360 e. The first kappa shape index (κ1) is 18.2. The van der Waals surface area contributed by atoms with Crippen LogP contribution in [-0.4, -0.2) is 64.6 Å². The topological polar surface area (TPSA) is 102 Å². The van der Waals surface area contributed by atoms with Gasteiger partial charge in [-0.25, -0.2) is 8.42 Å². The van der Waals surface area contributed by atoms with Crippen molar-refractivity contribution in [1.29, 1.82) is 0 Å². The van der Waals surface area contributed by atoms with Crippen molar-refractivity contribution in [2.24, 2.45) is 7.05 Å². The summed E-state index contributed by atoms with van der Waals surface area (Å²) in [6.07, 6.45) is 7.15. The van der Waals surface area contributed by atoms with Gasteiger partial charge in [0.15, 0.2) is 5.69 Å². The predicted octanol–water partition coefficient (Wildman–Crippen LogP) is 0.824. The first-order chi connectivity index (χ1) is 13.0. The van der Waals surface area contributed by atoms with Gasteiger partial charge in [-0.15, -0.1) is 0 Å². The number of aryl methyl sites for hydroxylation is 2. The van der Waals surface area contributed by atoms with Crippen molar-refractivity contribution in [2.75, 3.05) is 26.2 Å². The number of aromatic nitrogens is 3. The van der Waals surface area contributed by atoms with Crippen LogP contribution < -0.4 is 0 Å². The maximum Gasteiger partial charge on any atom is 0.276 e. The third-order valence-corrected chi connectivity index (χ3v) is 7.07. The van der Waals surface area contributed by atoms with E-state index in [1.807, 2.05) is 0 Å². The molecule has 27 heavy (non-hydrogen) atoms. The van der Waals surface area contributed by atoms with Crippen LogP contribution in [0.2, 0.25) is 0 Å². The highest BCUT2D eigenvalue weighted by atomic mass is 32.2. The largest absolute Gasteiger partial charge is 0.360 e. The molecule has 1 aliphatic heterocycles. The summed E-state index contributed by atoms with van der Waals surface area (Å²) in [7, 11) is -1.92. The van der Waals surface area contributed by atoms with Crippen LogP contribution in [0.1, 0.15) is 41.1 Å². The van der Waals surface area contributed by atoms with Gasteiger partial charge >= 0.3 is 0 Å². The number of carbonyl (C=O) groups excluding carboxylic acids is 1. The molecule has 2 aromatic rings. The fourth-order valence-corrected chi connectivity index (χ4v) is 5.18. The van der Waals surface area contributed by atoms with E-state index in [1.54, 1.807) is 11.9 Å². The van der Waals surface area contributed by atoms with Crippen LogP contribution in [-0.2, 0) is 29.9 Å². The van der Waals surface area contributed by atoms with Gasteiger partial charge in [0.25, 0.3) is 5.91 Å². The van der Waals surface area contributed by atoms with E-state index in [1.165, 1.54) is 21.4 Å². The first-order valence-corrected chi connectivity index (χ1v) is 10.7. The van der Waals surface area contributed by atoms with E-state index >= 15 is 0 Å². The van der Waals surface area contributed by atoms with Gasteiger partial charge < -0.3 is 9.42 Å². The molecule has 0 aromatic carbocycles. The van der Waals surface area contributed by atoms with E-state index in [4.69, 9.17) is 4.52 Å². The second-order valence-corrected chi connectivity index (χ2v) is 8.98. The van der Waals surface area contributed by atoms with E-state index < -0.39 is 10.0 Å². The maximum absolute atomic E-state index is 12.9. The number of carbonyl (C=O) groups is 1. The normalized spacial score (nSPS) is 18.9. The molecule has 0 atom stereocenters. The fraction of sp³-hybridized carbons (Fsp3) is 0.588. The molecular weight excluding hydrogens is 370 g/mol. The monoisotopic (exact) mass is 393 g/mol. The molecule has 0 N–H and O–H groups in total. The zero-order chi connectivity index (χ0) is 19.0. The number of rotatable bonds is 3. The van der Waals surface area contributed by atoms with Crippen LogP contribution >= 0.6 is 0 Å². The standard InChI is InChI=1S/C17H23N5O4S/c1-20-12-13(11-18-20)27(24,25)22-8-4-7-21(9-10-22)17(23)16-14-5-2-3-6-15(14)26-19-16/h11-12H,2-10H2,1H3. The van der Waals surface area contributed by atoms with Crippen LogP contribution in [0.4, 0.5) is 0 Å². The molecule has 1 amide bonds. The highest BCUT2D eigenvalue weighted by Crippen LogP contribution is 2.25. The molecule has 2 aliphatic rings. The zero-order valence-corrected chi connectivity index (χ0v) is 16.1. The fourth-order valence-electron chi connectivity index (χ4n) is 3.72. The summed E-state index contributed by atoms with van der Waals surface area (Å²) in [5.74, 6) is 0.655. The van der Waals surface area contributed by atoms with Crippen LogP contribution in [0.5, 0.6) is 0 Å². The minimum atomic E-state index is -3.60. The van der Waals surface area contributed by atoms with Gasteiger partial charge in [0.05, 0.1) is 6.20 Å². The van der Waals surface area contributed by atoms with Crippen molar-refractivity contribution >= 4 is 15.9 Å². The van der Waals surface area contributed by atoms with Crippen LogP contribution in [0.15, 0.2) is 21.8 Å². The number of hydrogen-bond donors (Lipinski definition) is 0. The molecule has 0 radical (unpaired) electrons. The van der Waals surface area contributed by atoms with Crippen LogP contribution in [0.3, 0.4) is 0 Å². The van der Waals surface area contributed by atoms with Crippen molar-refractivity contribution in [3.8, 4) is 0 Å². The lowest BCUT2D eigenvalue weighted by atomic mass is 9.96. The summed E-state index contributed by atoms with van der Waals surface area (Å²) < 4.78 is 33.8.